The highest BCUT2D eigenvalue weighted by atomic mass is 16.3. The van der Waals surface area contributed by atoms with E-state index in [1.165, 1.54) is 43.8 Å². The molecule has 410 valence electrons. The Morgan fingerprint density at radius 2 is 0.605 bits per heavy atom. The zero-order valence-corrected chi connectivity index (χ0v) is 48.1. The van der Waals surface area contributed by atoms with E-state index in [9.17, 15) is 0 Å². The minimum atomic E-state index is 0.856. The van der Waals surface area contributed by atoms with Crippen LogP contribution in [0.5, 0.6) is 0 Å². The first kappa shape index (κ1) is 51.0. The zero-order chi connectivity index (χ0) is 57.2. The highest BCUT2D eigenvalue weighted by Gasteiger charge is 2.29. The van der Waals surface area contributed by atoms with Gasteiger partial charge in [0.05, 0.1) is 34.1 Å². The Kier molecular flexibility index (Phi) is 12.6. The maximum atomic E-state index is 7.27. The van der Waals surface area contributed by atoms with Gasteiger partial charge in [-0.15, -0.1) is 0 Å². The quantitative estimate of drug-likeness (QED) is 0.102. The van der Waals surface area contributed by atoms with Crippen LogP contribution in [0.4, 0.5) is 34.1 Å². The van der Waals surface area contributed by atoms with Crippen molar-refractivity contribution in [1.82, 2.24) is 0 Å². The molecule has 0 aliphatic carbocycles. The Hall–Kier alpha value is -10.7. The van der Waals surface area contributed by atoms with Crippen molar-refractivity contribution in [2.45, 2.75) is 39.5 Å². The summed E-state index contributed by atoms with van der Waals surface area (Å²) in [6, 6.07) is 102. The molecule has 86 heavy (non-hydrogen) atoms. The van der Waals surface area contributed by atoms with Crippen molar-refractivity contribution < 1.29 is 8.83 Å². The molecule has 0 aliphatic rings. The molecular weight excluding hydrogens is 1040 g/mol. The van der Waals surface area contributed by atoms with Crippen LogP contribution < -0.4 is 9.80 Å². The molecule has 0 atom stereocenters. The maximum Gasteiger partial charge on any atom is 0.159 e. The highest BCUT2D eigenvalue weighted by Crippen LogP contribution is 2.53. The van der Waals surface area contributed by atoms with Gasteiger partial charge in [0, 0.05) is 43.4 Å². The lowest BCUT2D eigenvalue weighted by Crippen LogP contribution is -2.13. The Morgan fingerprint density at radius 3 is 1.00 bits per heavy atom. The number of furan rings is 2. The smallest absolute Gasteiger partial charge is 0.159 e. The fourth-order valence-corrected chi connectivity index (χ4v) is 13.7. The summed E-state index contributed by atoms with van der Waals surface area (Å²) in [5.41, 5.74) is 21.3. The summed E-state index contributed by atoms with van der Waals surface area (Å²) < 4.78 is 14.5. The highest BCUT2D eigenvalue weighted by molar-refractivity contribution is 6.29. The molecule has 0 saturated carbocycles. The van der Waals surface area contributed by atoms with Crippen molar-refractivity contribution in [3.8, 4) is 44.5 Å². The van der Waals surface area contributed by atoms with Crippen molar-refractivity contribution in [3.05, 3.63) is 290 Å². The molecule has 0 unspecified atom stereocenters. The molecule has 4 heteroatoms. The summed E-state index contributed by atoms with van der Waals surface area (Å²) in [7, 11) is 0. The molecule has 0 spiro atoms. The minimum Gasteiger partial charge on any atom is -0.454 e. The summed E-state index contributed by atoms with van der Waals surface area (Å²) >= 11 is 0. The van der Waals surface area contributed by atoms with Crippen LogP contribution in [0.3, 0.4) is 0 Å². The van der Waals surface area contributed by atoms with E-state index in [0.717, 1.165) is 148 Å². The molecule has 16 rings (SSSR count). The predicted molar refractivity (Wildman–Crippen MR) is 364 cm³/mol. The van der Waals surface area contributed by atoms with Crippen LogP contribution in [0, 0.1) is 0 Å². The van der Waals surface area contributed by atoms with E-state index in [1.54, 1.807) is 0 Å². The van der Waals surface area contributed by atoms with Gasteiger partial charge in [-0.05, 0) is 127 Å². The van der Waals surface area contributed by atoms with E-state index < -0.39 is 0 Å². The number of fused-ring (bicyclic) bond motifs is 6. The van der Waals surface area contributed by atoms with Crippen LogP contribution >= 0.6 is 0 Å². The molecule has 0 radical (unpaired) electrons. The van der Waals surface area contributed by atoms with Crippen molar-refractivity contribution in [3.63, 3.8) is 0 Å². The molecule has 2 heterocycles. The second kappa shape index (κ2) is 21.2. The van der Waals surface area contributed by atoms with Gasteiger partial charge in [0.15, 0.2) is 11.2 Å². The summed E-state index contributed by atoms with van der Waals surface area (Å²) in [5.74, 6) is 0. The molecule has 0 N–H and O–H groups in total. The number of hydrogen-bond donors (Lipinski definition) is 0. The van der Waals surface area contributed by atoms with E-state index in [2.05, 4.69) is 303 Å². The van der Waals surface area contributed by atoms with E-state index >= 15 is 0 Å². The number of hydrogen-bond acceptors (Lipinski definition) is 4. The molecule has 4 nitrogen and oxygen atoms in total. The zero-order valence-electron chi connectivity index (χ0n) is 48.1. The number of para-hydroxylation sites is 4. The molecule has 0 bridgehead atoms. The Morgan fingerprint density at radius 1 is 0.256 bits per heavy atom. The number of nitrogens with zero attached hydrogens (tertiary/aromatic N) is 2. The third-order valence-corrected chi connectivity index (χ3v) is 17.6. The standard InChI is InChI=1S/C82H60N2O2/c1-3-21-59-31-17-33-63-65-35-19-37-75(81(65)85-79(59)63)83(73-49-43-61(53-23-9-5-10-24-53)51-69(73)55-27-13-7-14-28-55)71-47-41-57-40-46-68-72(48-42-58-39-45-67(71)77(57)78(58)68)84(76-38-20-36-66-64-34-18-32-60(22-4-2)80(64)86-82(66)76)74-50-44-62(54-25-11-6-12-26-54)52-70(74)56-29-15-8-16-30-56/h5-20,23-52H,3-4,21-22H2,1-2H3. The molecular formula is C82H60N2O2. The fraction of sp³-hybridized carbons (Fsp3) is 0.0732. The average Bonchev–Trinajstić information content (AvgIpc) is 1.25. The fourth-order valence-electron chi connectivity index (χ4n) is 13.7. The van der Waals surface area contributed by atoms with E-state index in [0.29, 0.717) is 0 Å². The predicted octanol–water partition coefficient (Wildman–Crippen LogP) is 23.9. The lowest BCUT2D eigenvalue weighted by Gasteiger charge is -2.31. The second-order valence-electron chi connectivity index (χ2n) is 22.8. The van der Waals surface area contributed by atoms with Crippen molar-refractivity contribution in [2.75, 3.05) is 9.80 Å². The van der Waals surface area contributed by atoms with Crippen LogP contribution in [0.25, 0.3) is 121 Å². The Bertz CT molecular complexity index is 4870. The van der Waals surface area contributed by atoms with Crippen molar-refractivity contribution >= 4 is 110 Å². The summed E-state index contributed by atoms with van der Waals surface area (Å²) in [5, 5.41) is 11.4. The molecule has 14 aromatic carbocycles. The Balaban J connectivity index is 0.983. The van der Waals surface area contributed by atoms with Gasteiger partial charge in [0.25, 0.3) is 0 Å². The third kappa shape index (κ3) is 8.43. The van der Waals surface area contributed by atoms with E-state index in [-0.39, 0.29) is 0 Å². The van der Waals surface area contributed by atoms with Crippen LogP contribution in [0.2, 0.25) is 0 Å². The van der Waals surface area contributed by atoms with Gasteiger partial charge in [-0.1, -0.05) is 257 Å². The van der Waals surface area contributed by atoms with E-state index in [4.69, 9.17) is 8.83 Å². The van der Waals surface area contributed by atoms with Gasteiger partial charge in [0.2, 0.25) is 0 Å². The van der Waals surface area contributed by atoms with Crippen molar-refractivity contribution in [2.24, 2.45) is 0 Å². The van der Waals surface area contributed by atoms with Gasteiger partial charge >= 0.3 is 0 Å². The molecule has 0 aliphatic heterocycles. The topological polar surface area (TPSA) is 32.8 Å². The maximum absolute atomic E-state index is 7.27. The third-order valence-electron chi connectivity index (χ3n) is 17.6. The molecule has 0 amide bonds. The first-order valence-electron chi connectivity index (χ1n) is 30.3. The average molecular weight is 1110 g/mol. The number of anilines is 6. The van der Waals surface area contributed by atoms with Gasteiger partial charge in [0.1, 0.15) is 11.2 Å². The van der Waals surface area contributed by atoms with Gasteiger partial charge in [-0.25, -0.2) is 0 Å². The number of benzene rings is 14. The second-order valence-corrected chi connectivity index (χ2v) is 22.8. The molecule has 16 aromatic rings. The minimum absolute atomic E-state index is 0.856. The van der Waals surface area contributed by atoms with E-state index in [1.807, 2.05) is 0 Å². The first-order valence-corrected chi connectivity index (χ1v) is 30.3. The summed E-state index contributed by atoms with van der Waals surface area (Å²) in [6.45, 7) is 4.48. The van der Waals surface area contributed by atoms with Gasteiger partial charge in [-0.3, -0.25) is 0 Å². The molecule has 0 saturated heterocycles. The van der Waals surface area contributed by atoms with Crippen LogP contribution in [0.1, 0.15) is 37.8 Å². The first-order chi connectivity index (χ1) is 42.6. The lowest BCUT2D eigenvalue weighted by molar-refractivity contribution is 0.661. The Labute approximate surface area is 500 Å². The van der Waals surface area contributed by atoms with Gasteiger partial charge < -0.3 is 18.6 Å². The van der Waals surface area contributed by atoms with Crippen LogP contribution in [-0.4, -0.2) is 0 Å². The monoisotopic (exact) mass is 1100 g/mol. The number of aryl methyl sites for hydroxylation is 2. The summed E-state index contributed by atoms with van der Waals surface area (Å²) in [6.07, 6.45) is 3.92. The normalized spacial score (nSPS) is 11.8. The number of rotatable bonds is 14. The van der Waals surface area contributed by atoms with Gasteiger partial charge in [-0.2, -0.15) is 0 Å². The largest absolute Gasteiger partial charge is 0.454 e. The van der Waals surface area contributed by atoms with Crippen LogP contribution in [0.15, 0.2) is 288 Å². The SMILES string of the molecule is CCCc1cccc2c1oc1c(N(c3ccc(-c4ccccc4)cc3-c3ccccc3)c3ccc4ccc5c(N(c6ccc(-c7ccccc7)cc6-c6ccccc6)c6cccc7c6oc6c(CCC)cccc67)ccc6ccc3c4c65)cccc12. The summed E-state index contributed by atoms with van der Waals surface area (Å²) in [4.78, 5) is 4.96. The van der Waals surface area contributed by atoms with Crippen molar-refractivity contribution in [1.29, 1.82) is 0 Å². The van der Waals surface area contributed by atoms with Crippen LogP contribution in [-0.2, 0) is 12.8 Å². The molecule has 2 aromatic heterocycles. The molecule has 0 fully saturated rings. The lowest BCUT2D eigenvalue weighted by atomic mass is 9.90.